The van der Waals surface area contributed by atoms with Crippen LogP contribution in [0.15, 0.2) is 12.2 Å². The van der Waals surface area contributed by atoms with Gasteiger partial charge < -0.3 is 10.2 Å². The van der Waals surface area contributed by atoms with Gasteiger partial charge in [0.15, 0.2) is 0 Å². The molecule has 1 fully saturated rings. The van der Waals surface area contributed by atoms with Crippen LogP contribution in [-0.4, -0.2) is 36.6 Å². The van der Waals surface area contributed by atoms with Crippen molar-refractivity contribution in [3.8, 4) is 0 Å². The monoisotopic (exact) mass is 194 g/mol. The molecule has 0 radical (unpaired) electrons. The summed E-state index contributed by atoms with van der Waals surface area (Å²) in [5, 5.41) is 3.75. The Kier molecular flexibility index (Phi) is 3.24. The fraction of sp³-hybridized carbons (Fsp3) is 0.833. The molecule has 2 nitrogen and oxygen atoms in total. The highest BCUT2D eigenvalue weighted by atomic mass is 15.2. The third-order valence-corrected chi connectivity index (χ3v) is 3.59. The van der Waals surface area contributed by atoms with Crippen LogP contribution in [0.5, 0.6) is 0 Å². The Morgan fingerprint density at radius 3 is 2.86 bits per heavy atom. The van der Waals surface area contributed by atoms with Gasteiger partial charge >= 0.3 is 0 Å². The molecule has 1 aliphatic heterocycles. The Labute approximate surface area is 87.4 Å². The molecule has 1 saturated heterocycles. The van der Waals surface area contributed by atoms with Crippen molar-refractivity contribution in [3.63, 3.8) is 0 Å². The van der Waals surface area contributed by atoms with Gasteiger partial charge in [0, 0.05) is 24.7 Å². The predicted molar refractivity (Wildman–Crippen MR) is 60.4 cm³/mol. The van der Waals surface area contributed by atoms with Crippen LogP contribution in [0.3, 0.4) is 0 Å². The highest BCUT2D eigenvalue weighted by Crippen LogP contribution is 2.18. The van der Waals surface area contributed by atoms with Crippen molar-refractivity contribution in [1.82, 2.24) is 10.2 Å². The number of hydrogen-bond acceptors (Lipinski definition) is 2. The van der Waals surface area contributed by atoms with Gasteiger partial charge in [-0.3, -0.25) is 0 Å². The van der Waals surface area contributed by atoms with Crippen molar-refractivity contribution in [3.05, 3.63) is 12.2 Å². The summed E-state index contributed by atoms with van der Waals surface area (Å²) in [4.78, 5) is 2.45. The molecular formula is C12H22N2. The summed E-state index contributed by atoms with van der Waals surface area (Å²) in [7, 11) is 2.23. The van der Waals surface area contributed by atoms with Gasteiger partial charge in [-0.05, 0) is 39.7 Å². The second-order valence-corrected chi connectivity index (χ2v) is 4.85. The van der Waals surface area contributed by atoms with E-state index < -0.39 is 0 Å². The van der Waals surface area contributed by atoms with E-state index in [1.54, 1.807) is 0 Å². The first-order valence-corrected chi connectivity index (χ1v) is 5.88. The Morgan fingerprint density at radius 2 is 2.29 bits per heavy atom. The van der Waals surface area contributed by atoms with Crippen LogP contribution >= 0.6 is 0 Å². The molecule has 1 N–H and O–H groups in total. The van der Waals surface area contributed by atoms with E-state index >= 15 is 0 Å². The Morgan fingerprint density at radius 1 is 1.43 bits per heavy atom. The lowest BCUT2D eigenvalue weighted by atomic mass is 10.0. The SMILES string of the molecule is CC1CC(NC2C=CCCC2)CN1C. The molecule has 14 heavy (non-hydrogen) atoms. The number of nitrogens with one attached hydrogen (secondary N) is 1. The van der Waals surface area contributed by atoms with Crippen molar-refractivity contribution in [2.45, 2.75) is 50.7 Å². The first-order chi connectivity index (χ1) is 6.75. The molecule has 0 spiro atoms. The van der Waals surface area contributed by atoms with Gasteiger partial charge in [0.25, 0.3) is 0 Å². The molecular weight excluding hydrogens is 172 g/mol. The van der Waals surface area contributed by atoms with Crippen LogP contribution in [-0.2, 0) is 0 Å². The summed E-state index contributed by atoms with van der Waals surface area (Å²) in [6.45, 7) is 3.53. The normalized spacial score (nSPS) is 39.1. The number of likely N-dealkylation sites (tertiary alicyclic amines) is 1. The fourth-order valence-corrected chi connectivity index (χ4v) is 2.57. The van der Waals surface area contributed by atoms with Crippen LogP contribution in [0.25, 0.3) is 0 Å². The molecule has 3 unspecified atom stereocenters. The molecule has 0 amide bonds. The number of likely N-dealkylation sites (N-methyl/N-ethyl adjacent to an activating group) is 1. The summed E-state index contributed by atoms with van der Waals surface area (Å²) in [5.74, 6) is 0. The lowest BCUT2D eigenvalue weighted by Gasteiger charge is -2.22. The molecule has 2 heteroatoms. The van der Waals surface area contributed by atoms with Gasteiger partial charge in [0.05, 0.1) is 0 Å². The van der Waals surface area contributed by atoms with E-state index in [1.807, 2.05) is 0 Å². The number of allylic oxidation sites excluding steroid dienone is 1. The lowest BCUT2D eigenvalue weighted by molar-refractivity contribution is 0.325. The molecule has 1 heterocycles. The summed E-state index contributed by atoms with van der Waals surface area (Å²) in [6.07, 6.45) is 9.94. The molecule has 0 bridgehead atoms. The molecule has 3 atom stereocenters. The van der Waals surface area contributed by atoms with Crippen LogP contribution in [0.4, 0.5) is 0 Å². The van der Waals surface area contributed by atoms with Crippen LogP contribution < -0.4 is 5.32 Å². The van der Waals surface area contributed by atoms with E-state index in [9.17, 15) is 0 Å². The van der Waals surface area contributed by atoms with Crippen LogP contribution in [0.2, 0.25) is 0 Å². The third-order valence-electron chi connectivity index (χ3n) is 3.59. The second-order valence-electron chi connectivity index (χ2n) is 4.85. The predicted octanol–water partition coefficient (Wildman–Crippen LogP) is 1.78. The van der Waals surface area contributed by atoms with Crippen molar-refractivity contribution in [2.24, 2.45) is 0 Å². The summed E-state index contributed by atoms with van der Waals surface area (Å²) in [6, 6.07) is 2.11. The topological polar surface area (TPSA) is 15.3 Å². The maximum atomic E-state index is 3.75. The minimum atomic E-state index is 0.646. The molecule has 0 saturated carbocycles. The van der Waals surface area contributed by atoms with Crippen LogP contribution in [0, 0.1) is 0 Å². The quantitative estimate of drug-likeness (QED) is 0.674. The molecule has 1 aliphatic carbocycles. The summed E-state index contributed by atoms with van der Waals surface area (Å²) in [5.41, 5.74) is 0. The molecule has 80 valence electrons. The van der Waals surface area contributed by atoms with Crippen molar-refractivity contribution < 1.29 is 0 Å². The van der Waals surface area contributed by atoms with E-state index in [1.165, 1.54) is 32.2 Å². The number of hydrogen-bond donors (Lipinski definition) is 1. The van der Waals surface area contributed by atoms with E-state index in [0.29, 0.717) is 12.1 Å². The molecule has 0 aromatic rings. The molecule has 0 aromatic heterocycles. The lowest BCUT2D eigenvalue weighted by Crippen LogP contribution is -2.39. The van der Waals surface area contributed by atoms with Crippen molar-refractivity contribution >= 4 is 0 Å². The standard InChI is InChI=1S/C12H22N2/c1-10-8-12(9-14(10)2)13-11-6-4-3-5-7-11/h4,6,10-13H,3,5,7-9H2,1-2H3. The van der Waals surface area contributed by atoms with Crippen molar-refractivity contribution in [1.29, 1.82) is 0 Å². The average Bonchev–Trinajstić information content (AvgIpc) is 2.47. The maximum Gasteiger partial charge on any atom is 0.0253 e. The fourth-order valence-electron chi connectivity index (χ4n) is 2.57. The van der Waals surface area contributed by atoms with Crippen LogP contribution in [0.1, 0.15) is 32.6 Å². The number of rotatable bonds is 2. The van der Waals surface area contributed by atoms with Gasteiger partial charge in [0.1, 0.15) is 0 Å². The first kappa shape index (κ1) is 10.2. The molecule has 2 aliphatic rings. The van der Waals surface area contributed by atoms with E-state index in [0.717, 1.165) is 6.04 Å². The Balaban J connectivity index is 1.80. The zero-order valence-corrected chi connectivity index (χ0v) is 9.37. The van der Waals surface area contributed by atoms with E-state index in [2.05, 4.69) is 36.3 Å². The van der Waals surface area contributed by atoms with E-state index in [-0.39, 0.29) is 0 Å². The number of nitrogens with zero attached hydrogens (tertiary/aromatic N) is 1. The summed E-state index contributed by atoms with van der Waals surface area (Å²) >= 11 is 0. The molecule has 0 aromatic carbocycles. The largest absolute Gasteiger partial charge is 0.306 e. The third kappa shape index (κ3) is 2.37. The van der Waals surface area contributed by atoms with Gasteiger partial charge in [-0.25, -0.2) is 0 Å². The van der Waals surface area contributed by atoms with Gasteiger partial charge in [-0.1, -0.05) is 12.2 Å². The maximum absolute atomic E-state index is 3.75. The van der Waals surface area contributed by atoms with E-state index in [4.69, 9.17) is 0 Å². The zero-order valence-electron chi connectivity index (χ0n) is 9.37. The molecule has 2 rings (SSSR count). The average molecular weight is 194 g/mol. The minimum Gasteiger partial charge on any atom is -0.306 e. The smallest absolute Gasteiger partial charge is 0.0253 e. The Bertz CT molecular complexity index is 202. The first-order valence-electron chi connectivity index (χ1n) is 5.88. The zero-order chi connectivity index (χ0) is 9.97. The van der Waals surface area contributed by atoms with Gasteiger partial charge in [-0.15, -0.1) is 0 Å². The highest BCUT2D eigenvalue weighted by molar-refractivity contribution is 5.00. The highest BCUT2D eigenvalue weighted by Gasteiger charge is 2.27. The summed E-state index contributed by atoms with van der Waals surface area (Å²) < 4.78 is 0. The second kappa shape index (κ2) is 4.45. The van der Waals surface area contributed by atoms with Crippen molar-refractivity contribution in [2.75, 3.05) is 13.6 Å². The van der Waals surface area contributed by atoms with Gasteiger partial charge in [0.2, 0.25) is 0 Å². The van der Waals surface area contributed by atoms with Gasteiger partial charge in [-0.2, -0.15) is 0 Å². The minimum absolute atomic E-state index is 0.646. The Hall–Kier alpha value is -0.340.